The first-order valence-electron chi connectivity index (χ1n) is 15.2. The normalized spacial score (nSPS) is 22.4. The molecular formula is C35H45NO5. The molecule has 4 rings (SSSR count). The van der Waals surface area contributed by atoms with Crippen molar-refractivity contribution in [2.45, 2.75) is 89.2 Å². The third-order valence-electron chi connectivity index (χ3n) is 9.12. The maximum Gasteiger partial charge on any atom is 0.328 e. The topological polar surface area (TPSA) is 107 Å². The van der Waals surface area contributed by atoms with Crippen molar-refractivity contribution in [3.63, 3.8) is 0 Å². The zero-order chi connectivity index (χ0) is 29.2. The number of hydrogen-bond donors (Lipinski definition) is 4. The van der Waals surface area contributed by atoms with Crippen LogP contribution in [0.2, 0.25) is 0 Å². The highest BCUT2D eigenvalue weighted by molar-refractivity contribution is 5.90. The summed E-state index contributed by atoms with van der Waals surface area (Å²) in [5, 5.41) is 31.4. The maximum absolute atomic E-state index is 11.9. The number of carbonyl (C=O) groups excluding carboxylic acids is 1. The Bertz CT molecular complexity index is 1210. The molecule has 1 saturated carbocycles. The smallest absolute Gasteiger partial charge is 0.328 e. The van der Waals surface area contributed by atoms with Gasteiger partial charge in [0.15, 0.2) is 0 Å². The Balaban J connectivity index is 1.32. The molecule has 0 spiro atoms. The minimum Gasteiger partial charge on any atom is -0.480 e. The van der Waals surface area contributed by atoms with Crippen molar-refractivity contribution >= 4 is 23.0 Å². The zero-order valence-corrected chi connectivity index (χ0v) is 24.1. The third kappa shape index (κ3) is 7.17. The van der Waals surface area contributed by atoms with E-state index in [9.17, 15) is 14.7 Å². The Kier molecular flexibility index (Phi) is 10.9. The van der Waals surface area contributed by atoms with Crippen LogP contribution < -0.4 is 5.32 Å². The number of nitrogens with one attached hydrogen (secondary N) is 1. The number of aliphatic hydroxyl groups is 2. The van der Waals surface area contributed by atoms with Gasteiger partial charge in [0, 0.05) is 17.8 Å². The average Bonchev–Trinajstić information content (AvgIpc) is 3.49. The van der Waals surface area contributed by atoms with E-state index in [-0.39, 0.29) is 29.8 Å². The van der Waals surface area contributed by atoms with Crippen LogP contribution in [0.3, 0.4) is 0 Å². The second-order valence-electron chi connectivity index (χ2n) is 11.7. The fourth-order valence-corrected chi connectivity index (χ4v) is 7.07. The number of fused-ring (bicyclic) bond motifs is 1. The van der Waals surface area contributed by atoms with Gasteiger partial charge in [-0.05, 0) is 60.8 Å². The van der Waals surface area contributed by atoms with E-state index in [0.29, 0.717) is 6.42 Å². The molecule has 6 heteroatoms. The molecule has 0 saturated heterocycles. The molecule has 0 radical (unpaired) electrons. The first-order valence-corrected chi connectivity index (χ1v) is 15.2. The Morgan fingerprint density at radius 1 is 0.927 bits per heavy atom. The molecule has 220 valence electrons. The van der Waals surface area contributed by atoms with Gasteiger partial charge < -0.3 is 20.6 Å². The molecule has 1 amide bonds. The van der Waals surface area contributed by atoms with Crippen LogP contribution >= 0.6 is 0 Å². The first-order chi connectivity index (χ1) is 19.9. The molecule has 2 aromatic rings. The molecule has 0 aromatic heterocycles. The molecule has 6 nitrogen and oxygen atoms in total. The minimum atomic E-state index is -1.23. The van der Waals surface area contributed by atoms with Gasteiger partial charge >= 0.3 is 5.97 Å². The number of carbonyl (C=O) groups is 2. The van der Waals surface area contributed by atoms with Gasteiger partial charge in [0.05, 0.1) is 12.7 Å². The standard InChI is InChI=1S/C35H45NO5/c1-25(26-15-10-7-11-16-26)35-22-21-31(38)29(35)23-28(33(35)27-17-12-8-13-18-27)19-9-5-3-2-4-6-14-20-32(39)36-30(24-37)34(40)41/h7-8,10-13,15-18,29-31,37-38H,1-6,9,14,19-24H2,(H,36,39)(H,40,41)/t29?,30-,31?,35?/m0/s1. The van der Waals surface area contributed by atoms with E-state index in [0.717, 1.165) is 75.3 Å². The average molecular weight is 560 g/mol. The van der Waals surface area contributed by atoms with E-state index >= 15 is 0 Å². The summed E-state index contributed by atoms with van der Waals surface area (Å²) in [6.07, 6.45) is 10.9. The number of aliphatic carboxylic acids is 1. The summed E-state index contributed by atoms with van der Waals surface area (Å²) < 4.78 is 0. The second kappa shape index (κ2) is 14.6. The van der Waals surface area contributed by atoms with Gasteiger partial charge in [0.1, 0.15) is 6.04 Å². The molecule has 3 unspecified atom stereocenters. The largest absolute Gasteiger partial charge is 0.480 e. The number of rotatable bonds is 16. The van der Waals surface area contributed by atoms with Gasteiger partial charge in [-0.25, -0.2) is 4.79 Å². The number of carboxylic acids is 1. The van der Waals surface area contributed by atoms with Gasteiger partial charge in [-0.3, -0.25) is 4.79 Å². The van der Waals surface area contributed by atoms with Crippen molar-refractivity contribution in [2.75, 3.05) is 6.61 Å². The van der Waals surface area contributed by atoms with Crippen LogP contribution in [-0.4, -0.2) is 45.9 Å². The number of allylic oxidation sites excluding steroid dienone is 3. The van der Waals surface area contributed by atoms with E-state index in [2.05, 4.69) is 66.5 Å². The van der Waals surface area contributed by atoms with Gasteiger partial charge in [-0.15, -0.1) is 0 Å². The summed E-state index contributed by atoms with van der Waals surface area (Å²) in [6.45, 7) is 4.06. The van der Waals surface area contributed by atoms with Crippen molar-refractivity contribution in [1.82, 2.24) is 5.32 Å². The van der Waals surface area contributed by atoms with Gasteiger partial charge in [-0.2, -0.15) is 0 Å². The molecule has 4 N–H and O–H groups in total. The lowest BCUT2D eigenvalue weighted by atomic mass is 9.66. The highest BCUT2D eigenvalue weighted by Crippen LogP contribution is 2.66. The highest BCUT2D eigenvalue weighted by Gasteiger charge is 2.56. The number of amides is 1. The minimum absolute atomic E-state index is 0.167. The summed E-state index contributed by atoms with van der Waals surface area (Å²) >= 11 is 0. The summed E-state index contributed by atoms with van der Waals surface area (Å²) in [5.41, 5.74) is 6.20. The van der Waals surface area contributed by atoms with Crippen LogP contribution in [0.15, 0.2) is 72.8 Å². The summed E-state index contributed by atoms with van der Waals surface area (Å²) in [6, 6.07) is 20.0. The maximum atomic E-state index is 11.9. The van der Waals surface area contributed by atoms with Gasteiger partial charge in [0.25, 0.3) is 0 Å². The van der Waals surface area contributed by atoms with Crippen molar-refractivity contribution < 1.29 is 24.9 Å². The Labute approximate surface area is 244 Å². The van der Waals surface area contributed by atoms with E-state index in [1.807, 2.05) is 6.07 Å². The van der Waals surface area contributed by atoms with Gasteiger partial charge in [-0.1, -0.05) is 105 Å². The molecular weight excluding hydrogens is 514 g/mol. The molecule has 2 aliphatic carbocycles. The molecule has 2 aromatic carbocycles. The molecule has 2 aliphatic rings. The fraction of sp³-hybridized carbons (Fsp3) is 0.486. The monoisotopic (exact) mass is 559 g/mol. The van der Waals surface area contributed by atoms with Crippen molar-refractivity contribution in [2.24, 2.45) is 11.3 Å². The molecule has 4 atom stereocenters. The van der Waals surface area contributed by atoms with E-state index in [1.165, 1.54) is 16.7 Å². The molecule has 1 fully saturated rings. The SMILES string of the molecule is C=C(c1ccccc1)C12CCC(O)C1CC(CCCCCCCCCC(=O)N[C@@H](CO)C(=O)O)=C2c1ccccc1. The number of carboxylic acid groups (broad SMARTS) is 1. The molecule has 41 heavy (non-hydrogen) atoms. The van der Waals surface area contributed by atoms with Crippen molar-refractivity contribution in [3.05, 3.63) is 83.9 Å². The van der Waals surface area contributed by atoms with Crippen LogP contribution in [0.1, 0.15) is 88.2 Å². The molecule has 0 heterocycles. The summed E-state index contributed by atoms with van der Waals surface area (Å²) in [7, 11) is 0. The van der Waals surface area contributed by atoms with Crippen LogP contribution in [0, 0.1) is 11.3 Å². The number of aliphatic hydroxyl groups excluding tert-OH is 2. The molecule has 0 bridgehead atoms. The Hall–Kier alpha value is -3.22. The highest BCUT2D eigenvalue weighted by atomic mass is 16.4. The first kappa shape index (κ1) is 30.7. The summed E-state index contributed by atoms with van der Waals surface area (Å²) in [5.74, 6) is -1.38. The predicted molar refractivity (Wildman–Crippen MR) is 163 cm³/mol. The quantitative estimate of drug-likeness (QED) is 0.178. The van der Waals surface area contributed by atoms with E-state index in [4.69, 9.17) is 10.2 Å². The van der Waals surface area contributed by atoms with Crippen molar-refractivity contribution in [3.8, 4) is 0 Å². The van der Waals surface area contributed by atoms with Crippen LogP contribution in [0.5, 0.6) is 0 Å². The zero-order valence-electron chi connectivity index (χ0n) is 24.1. The lowest BCUT2D eigenvalue weighted by Gasteiger charge is -2.37. The number of benzene rings is 2. The van der Waals surface area contributed by atoms with Gasteiger partial charge in [0.2, 0.25) is 5.91 Å². The summed E-state index contributed by atoms with van der Waals surface area (Å²) in [4.78, 5) is 22.8. The van der Waals surface area contributed by atoms with E-state index < -0.39 is 18.6 Å². The van der Waals surface area contributed by atoms with Crippen LogP contribution in [0.4, 0.5) is 0 Å². The lowest BCUT2D eigenvalue weighted by molar-refractivity contribution is -0.142. The predicted octanol–water partition coefficient (Wildman–Crippen LogP) is 6.39. The van der Waals surface area contributed by atoms with Crippen molar-refractivity contribution in [1.29, 1.82) is 0 Å². The third-order valence-corrected chi connectivity index (χ3v) is 9.12. The second-order valence-corrected chi connectivity index (χ2v) is 11.7. The Morgan fingerprint density at radius 3 is 2.17 bits per heavy atom. The lowest BCUT2D eigenvalue weighted by Crippen LogP contribution is -2.43. The van der Waals surface area contributed by atoms with E-state index in [1.54, 1.807) is 0 Å². The number of hydrogen-bond acceptors (Lipinski definition) is 4. The van der Waals surface area contributed by atoms with Crippen LogP contribution in [-0.2, 0) is 9.59 Å². The van der Waals surface area contributed by atoms with Crippen LogP contribution in [0.25, 0.3) is 11.1 Å². The Morgan fingerprint density at radius 2 is 1.54 bits per heavy atom. The molecule has 0 aliphatic heterocycles. The fourth-order valence-electron chi connectivity index (χ4n) is 7.07. The number of unbranched alkanes of at least 4 members (excludes halogenated alkanes) is 6.